The summed E-state index contributed by atoms with van der Waals surface area (Å²) in [4.78, 5) is 0. The van der Waals surface area contributed by atoms with E-state index in [4.69, 9.17) is 0 Å². The van der Waals surface area contributed by atoms with E-state index in [0.29, 0.717) is 23.7 Å². The van der Waals surface area contributed by atoms with E-state index in [9.17, 15) is 10.2 Å². The van der Waals surface area contributed by atoms with Gasteiger partial charge in [0.1, 0.15) is 11.5 Å². The Morgan fingerprint density at radius 3 is 0.643 bits per heavy atom. The van der Waals surface area contributed by atoms with Crippen molar-refractivity contribution in [2.75, 3.05) is 0 Å². The molecule has 0 fully saturated rings. The molecule has 2 N–H and O–H groups in total. The predicted octanol–water partition coefficient (Wildman–Crippen LogP) is 15.4. The van der Waals surface area contributed by atoms with Crippen LogP contribution in [0, 0.1) is 0 Å². The maximum absolute atomic E-state index is 12.7. The van der Waals surface area contributed by atoms with Gasteiger partial charge in [0.15, 0.2) is 0 Å². The minimum absolute atomic E-state index is 0.0520. The molecule has 0 spiro atoms. The minimum atomic E-state index is -0.0800. The molecule has 4 unspecified atom stereocenters. The molecule has 2 heteroatoms. The van der Waals surface area contributed by atoms with Crippen LogP contribution in [0.1, 0.15) is 197 Å². The van der Waals surface area contributed by atoms with Gasteiger partial charge >= 0.3 is 0 Å². The first-order valence-corrected chi connectivity index (χ1v) is 21.0. The zero-order valence-electron chi connectivity index (χ0n) is 35.9. The molecule has 0 heterocycles. The Balaban J connectivity index is 1.66. The summed E-state index contributed by atoms with van der Waals surface area (Å²) in [5, 5.41) is 27.0. The summed E-state index contributed by atoms with van der Waals surface area (Å²) in [5.41, 5.74) is 13.7. The van der Waals surface area contributed by atoms with Crippen molar-refractivity contribution in [3.63, 3.8) is 0 Å². The van der Waals surface area contributed by atoms with Crippen molar-refractivity contribution in [2.45, 2.75) is 130 Å². The zero-order chi connectivity index (χ0) is 40.6. The van der Waals surface area contributed by atoms with Crippen LogP contribution in [0.3, 0.4) is 0 Å². The van der Waals surface area contributed by atoms with Crippen LogP contribution >= 0.6 is 0 Å². The number of benzene rings is 6. The second kappa shape index (κ2) is 16.7. The van der Waals surface area contributed by atoms with Crippen LogP contribution in [0.4, 0.5) is 0 Å². The van der Waals surface area contributed by atoms with Gasteiger partial charge in [-0.15, -0.1) is 0 Å². The topological polar surface area (TPSA) is 40.5 Å². The van der Waals surface area contributed by atoms with Gasteiger partial charge in [0.05, 0.1) is 0 Å². The van der Waals surface area contributed by atoms with E-state index >= 15 is 0 Å². The van der Waals surface area contributed by atoms with Gasteiger partial charge in [-0.3, -0.25) is 0 Å². The summed E-state index contributed by atoms with van der Waals surface area (Å²) < 4.78 is 0. The smallest absolute Gasteiger partial charge is 0.127 e. The number of hydrogen-bond acceptors (Lipinski definition) is 2. The van der Waals surface area contributed by atoms with Crippen molar-refractivity contribution in [2.24, 2.45) is 0 Å². The fraction of sp³-hybridized carbons (Fsp3) is 0.370. The van der Waals surface area contributed by atoms with Gasteiger partial charge in [-0.1, -0.05) is 192 Å². The number of aromatic hydroxyl groups is 2. The van der Waals surface area contributed by atoms with Crippen LogP contribution < -0.4 is 0 Å². The van der Waals surface area contributed by atoms with Crippen LogP contribution in [0.25, 0.3) is 10.8 Å². The highest BCUT2D eigenvalue weighted by molar-refractivity contribution is 6.01. The van der Waals surface area contributed by atoms with Crippen molar-refractivity contribution < 1.29 is 10.2 Å². The monoisotopic (exact) mass is 744 g/mol. The van der Waals surface area contributed by atoms with E-state index in [-0.39, 0.29) is 35.2 Å². The summed E-state index contributed by atoms with van der Waals surface area (Å²) in [6.07, 6.45) is 0. The first kappa shape index (κ1) is 40.8. The number of hydrogen-bond donors (Lipinski definition) is 2. The molecular weight excluding hydrogens is 681 g/mol. The summed E-state index contributed by atoms with van der Waals surface area (Å²) in [7, 11) is 0. The van der Waals surface area contributed by atoms with E-state index in [2.05, 4.69) is 192 Å². The van der Waals surface area contributed by atoms with Crippen LogP contribution in [0.2, 0.25) is 0 Å². The summed E-state index contributed by atoms with van der Waals surface area (Å²) in [6.45, 7) is 26.7. The van der Waals surface area contributed by atoms with E-state index in [1.165, 1.54) is 33.4 Å². The van der Waals surface area contributed by atoms with E-state index in [0.717, 1.165) is 44.2 Å². The molecule has 6 aromatic rings. The largest absolute Gasteiger partial charge is 0.507 e. The van der Waals surface area contributed by atoms with Gasteiger partial charge < -0.3 is 10.2 Å². The Morgan fingerprint density at radius 2 is 0.446 bits per heavy atom. The molecule has 2 nitrogen and oxygen atoms in total. The van der Waals surface area contributed by atoms with Crippen LogP contribution in [0.15, 0.2) is 109 Å². The van der Waals surface area contributed by atoms with E-state index < -0.39 is 0 Å². The fourth-order valence-corrected chi connectivity index (χ4v) is 8.44. The molecule has 6 aromatic carbocycles. The maximum atomic E-state index is 12.7. The lowest BCUT2D eigenvalue weighted by atomic mass is 9.77. The Kier molecular flexibility index (Phi) is 12.2. The molecule has 0 bridgehead atoms. The highest BCUT2D eigenvalue weighted by Crippen LogP contribution is 2.51. The molecule has 0 aliphatic heterocycles. The third kappa shape index (κ3) is 8.04. The molecule has 6 rings (SSSR count). The number of rotatable bonds is 12. The van der Waals surface area contributed by atoms with Gasteiger partial charge in [-0.05, 0) is 79.3 Å². The van der Waals surface area contributed by atoms with Crippen molar-refractivity contribution in [3.8, 4) is 11.5 Å². The average Bonchev–Trinajstić information content (AvgIpc) is 3.20. The molecule has 0 aromatic heterocycles. The molecule has 4 atom stereocenters. The Labute approximate surface area is 337 Å². The van der Waals surface area contributed by atoms with Gasteiger partial charge in [0.25, 0.3) is 0 Å². The second-order valence-corrected chi connectivity index (χ2v) is 17.7. The third-order valence-electron chi connectivity index (χ3n) is 12.7. The van der Waals surface area contributed by atoms with Gasteiger partial charge in [0.2, 0.25) is 0 Å². The van der Waals surface area contributed by atoms with Gasteiger partial charge in [0, 0.05) is 45.6 Å². The second-order valence-electron chi connectivity index (χ2n) is 17.7. The molecule has 0 aliphatic carbocycles. The van der Waals surface area contributed by atoms with Gasteiger partial charge in [-0.25, -0.2) is 0 Å². The Bertz CT molecular complexity index is 2090. The van der Waals surface area contributed by atoms with Crippen LogP contribution in [-0.4, -0.2) is 10.2 Å². The van der Waals surface area contributed by atoms with E-state index in [1.807, 2.05) is 0 Å². The minimum Gasteiger partial charge on any atom is -0.507 e. The van der Waals surface area contributed by atoms with Crippen molar-refractivity contribution in [3.05, 3.63) is 176 Å². The number of fused-ring (bicyclic) bond motifs is 1. The highest BCUT2D eigenvalue weighted by atomic mass is 16.3. The maximum Gasteiger partial charge on any atom is 0.127 e. The third-order valence-corrected chi connectivity index (χ3v) is 12.7. The van der Waals surface area contributed by atoms with Crippen LogP contribution in [-0.2, 0) is 0 Å². The normalized spacial score (nSPS) is 14.2. The Morgan fingerprint density at radius 1 is 0.268 bits per heavy atom. The number of phenols is 2. The van der Waals surface area contributed by atoms with E-state index in [1.54, 1.807) is 0 Å². The lowest BCUT2D eigenvalue weighted by Gasteiger charge is -2.28. The summed E-state index contributed by atoms with van der Waals surface area (Å²) in [6, 6.07) is 40.0. The average molecular weight is 745 g/mol. The lowest BCUT2D eigenvalue weighted by molar-refractivity contribution is 0.464. The summed E-state index contributed by atoms with van der Waals surface area (Å²) >= 11 is 0. The molecule has 0 radical (unpaired) electrons. The molecule has 56 heavy (non-hydrogen) atoms. The molecule has 0 aliphatic rings. The van der Waals surface area contributed by atoms with Gasteiger partial charge in [-0.2, -0.15) is 0 Å². The first-order valence-electron chi connectivity index (χ1n) is 21.0. The zero-order valence-corrected chi connectivity index (χ0v) is 35.9. The summed E-state index contributed by atoms with van der Waals surface area (Å²) in [5.74, 6) is 1.99. The van der Waals surface area contributed by atoms with Crippen LogP contribution in [0.5, 0.6) is 11.5 Å². The standard InChI is InChI=1S/C54H64O2/c1-31(2)39-13-21-43(22-14-39)35(9)47-29-49(37(11)45-25-17-41(18-26-45)33(5)6)54(56)52-48(36(10)44-23-15-40(16-24-44)32(3)4)30-50(53(55)51(47)52)38(12)46-27-19-42(20-28-46)34(7)8/h13-38,55-56H,1-12H3. The molecular formula is C54H64O2. The molecule has 0 amide bonds. The van der Waals surface area contributed by atoms with Crippen molar-refractivity contribution in [1.29, 1.82) is 0 Å². The van der Waals surface area contributed by atoms with Crippen molar-refractivity contribution >= 4 is 10.8 Å². The Hall–Kier alpha value is -4.82. The molecule has 0 saturated heterocycles. The predicted molar refractivity (Wildman–Crippen MR) is 239 cm³/mol. The molecule has 292 valence electrons. The SMILES string of the molecule is CC(C)c1ccc(C(C)c2cc(C(C)c3ccc(C(C)C)cc3)c3c(O)c(C(C)c4ccc(C(C)C)cc4)cc(C(C)c4ccc(C(C)C)cc4)c3c2O)cc1. The first-order chi connectivity index (χ1) is 26.6. The quantitative estimate of drug-likeness (QED) is 0.131. The van der Waals surface area contributed by atoms with Crippen molar-refractivity contribution in [1.82, 2.24) is 0 Å². The highest BCUT2D eigenvalue weighted by Gasteiger charge is 2.29. The fourth-order valence-electron chi connectivity index (χ4n) is 8.44. The lowest BCUT2D eigenvalue weighted by Crippen LogP contribution is -2.08. The number of phenolic OH excluding ortho intramolecular Hbond substituents is 2. The molecule has 0 saturated carbocycles.